The summed E-state index contributed by atoms with van der Waals surface area (Å²) in [5.41, 5.74) is 5.89. The van der Waals surface area contributed by atoms with E-state index in [-0.39, 0.29) is 24.2 Å². The van der Waals surface area contributed by atoms with Crippen LogP contribution in [0.1, 0.15) is 49.7 Å². The number of hydrogen-bond acceptors (Lipinski definition) is 6. The molecule has 22 heavy (non-hydrogen) atoms. The Balaban J connectivity index is 0.00000176. The Morgan fingerprint density at radius 2 is 2.18 bits per heavy atom. The first-order chi connectivity index (χ1) is 10.1. The Bertz CT molecular complexity index is 516. The Morgan fingerprint density at radius 1 is 1.45 bits per heavy atom. The number of hydrogen-bond donors (Lipinski definition) is 1. The van der Waals surface area contributed by atoms with E-state index in [1.165, 1.54) is 0 Å². The molecule has 1 saturated heterocycles. The van der Waals surface area contributed by atoms with E-state index >= 15 is 0 Å². The van der Waals surface area contributed by atoms with Gasteiger partial charge >= 0.3 is 0 Å². The van der Waals surface area contributed by atoms with Crippen molar-refractivity contribution in [2.24, 2.45) is 5.73 Å². The average Bonchev–Trinajstić information content (AvgIpc) is 3.16. The summed E-state index contributed by atoms with van der Waals surface area (Å²) in [5.74, 6) is 1.22. The Hall–Kier alpha value is -1.18. The minimum absolute atomic E-state index is 0. The Kier molecular flexibility index (Phi) is 5.41. The summed E-state index contributed by atoms with van der Waals surface area (Å²) in [6.45, 7) is 1.76. The minimum atomic E-state index is -0.444. The fourth-order valence-electron chi connectivity index (χ4n) is 3.19. The second-order valence-corrected chi connectivity index (χ2v) is 6.05. The van der Waals surface area contributed by atoms with Gasteiger partial charge in [-0.2, -0.15) is 4.98 Å². The van der Waals surface area contributed by atoms with E-state index in [4.69, 9.17) is 15.0 Å². The highest BCUT2D eigenvalue weighted by Crippen LogP contribution is 2.36. The van der Waals surface area contributed by atoms with Gasteiger partial charge in [-0.25, -0.2) is 0 Å². The van der Waals surface area contributed by atoms with Crippen molar-refractivity contribution < 1.29 is 14.1 Å². The molecule has 2 aliphatic rings. The van der Waals surface area contributed by atoms with Gasteiger partial charge in [0.2, 0.25) is 11.8 Å². The predicted molar refractivity (Wildman–Crippen MR) is 81.7 cm³/mol. The Morgan fingerprint density at radius 3 is 2.86 bits per heavy atom. The predicted octanol–water partition coefficient (Wildman–Crippen LogP) is 1.18. The van der Waals surface area contributed by atoms with Crippen LogP contribution in [0, 0.1) is 0 Å². The van der Waals surface area contributed by atoms with E-state index < -0.39 is 5.54 Å². The number of ether oxygens (including phenoxy) is 1. The number of nitrogens with zero attached hydrogens (tertiary/aromatic N) is 3. The topological polar surface area (TPSA) is 94.5 Å². The van der Waals surface area contributed by atoms with Crippen LogP contribution in [-0.2, 0) is 15.1 Å². The zero-order valence-electron chi connectivity index (χ0n) is 12.8. The zero-order valence-corrected chi connectivity index (χ0v) is 13.6. The molecule has 0 radical (unpaired) electrons. The van der Waals surface area contributed by atoms with E-state index in [1.54, 1.807) is 12.0 Å². The molecule has 124 valence electrons. The maximum absolute atomic E-state index is 11.9. The van der Waals surface area contributed by atoms with Gasteiger partial charge in [0, 0.05) is 26.6 Å². The number of rotatable bonds is 5. The van der Waals surface area contributed by atoms with Crippen LogP contribution in [0.25, 0.3) is 0 Å². The van der Waals surface area contributed by atoms with Crippen LogP contribution in [0.5, 0.6) is 0 Å². The molecule has 1 unspecified atom stereocenters. The molecule has 1 aliphatic heterocycles. The highest BCUT2D eigenvalue weighted by atomic mass is 35.5. The molecule has 0 spiro atoms. The molecule has 2 fully saturated rings. The molecule has 1 amide bonds. The maximum atomic E-state index is 11.9. The number of halogens is 1. The van der Waals surface area contributed by atoms with Gasteiger partial charge in [-0.15, -0.1) is 12.4 Å². The van der Waals surface area contributed by atoms with Crippen LogP contribution in [0.3, 0.4) is 0 Å². The summed E-state index contributed by atoms with van der Waals surface area (Å²) in [7, 11) is 1.63. The van der Waals surface area contributed by atoms with Crippen molar-refractivity contribution in [3.63, 3.8) is 0 Å². The van der Waals surface area contributed by atoms with E-state index in [1.807, 2.05) is 0 Å². The van der Waals surface area contributed by atoms with Gasteiger partial charge in [-0.1, -0.05) is 18.0 Å². The third kappa shape index (κ3) is 3.26. The van der Waals surface area contributed by atoms with Crippen molar-refractivity contribution in [3.8, 4) is 0 Å². The van der Waals surface area contributed by atoms with E-state index in [0.29, 0.717) is 37.8 Å². The fourth-order valence-corrected chi connectivity index (χ4v) is 3.19. The van der Waals surface area contributed by atoms with Crippen LogP contribution in [-0.4, -0.2) is 47.8 Å². The smallest absolute Gasteiger partial charge is 0.232 e. The van der Waals surface area contributed by atoms with Gasteiger partial charge in [0.05, 0.1) is 18.1 Å². The first kappa shape index (κ1) is 17.2. The molecule has 1 atom stereocenters. The van der Waals surface area contributed by atoms with Crippen molar-refractivity contribution in [2.75, 3.05) is 26.8 Å². The molecule has 1 aromatic rings. The summed E-state index contributed by atoms with van der Waals surface area (Å²) in [6, 6.07) is 0. The number of carbonyl (C=O) groups is 1. The second kappa shape index (κ2) is 6.93. The van der Waals surface area contributed by atoms with Crippen LogP contribution >= 0.6 is 12.4 Å². The molecule has 0 aromatic carbocycles. The number of methoxy groups -OCH3 is 1. The molecule has 2 N–H and O–H groups in total. The number of likely N-dealkylation sites (tertiary alicyclic amines) is 1. The molecule has 7 nitrogen and oxygen atoms in total. The summed E-state index contributed by atoms with van der Waals surface area (Å²) >= 11 is 0. The van der Waals surface area contributed by atoms with Crippen LogP contribution < -0.4 is 5.73 Å². The first-order valence-corrected chi connectivity index (χ1v) is 7.52. The van der Waals surface area contributed by atoms with Crippen molar-refractivity contribution in [3.05, 3.63) is 11.7 Å². The van der Waals surface area contributed by atoms with Gasteiger partial charge in [-0.3, -0.25) is 4.79 Å². The van der Waals surface area contributed by atoms with E-state index in [9.17, 15) is 4.79 Å². The summed E-state index contributed by atoms with van der Waals surface area (Å²) in [6.07, 6.45) is 4.42. The molecule has 3 rings (SSSR count). The SMILES string of the molecule is COCCN1CC(c2nc(C3(N)CCCC3)no2)CC1=O.Cl. The van der Waals surface area contributed by atoms with Crippen LogP contribution in [0.15, 0.2) is 4.52 Å². The molecule has 1 aromatic heterocycles. The molecule has 8 heteroatoms. The van der Waals surface area contributed by atoms with Crippen molar-refractivity contribution in [1.82, 2.24) is 15.0 Å². The highest BCUT2D eigenvalue weighted by molar-refractivity contribution is 5.85. The number of carbonyl (C=O) groups excluding carboxylic acids is 1. The van der Waals surface area contributed by atoms with Crippen molar-refractivity contribution in [2.45, 2.75) is 43.6 Å². The lowest BCUT2D eigenvalue weighted by atomic mass is 9.98. The van der Waals surface area contributed by atoms with E-state index in [0.717, 1.165) is 25.7 Å². The summed E-state index contributed by atoms with van der Waals surface area (Å²) in [4.78, 5) is 18.2. The number of aromatic nitrogens is 2. The molecular formula is C14H23ClN4O3. The van der Waals surface area contributed by atoms with Crippen LogP contribution in [0.4, 0.5) is 0 Å². The maximum Gasteiger partial charge on any atom is 0.232 e. The van der Waals surface area contributed by atoms with Gasteiger partial charge in [0.25, 0.3) is 0 Å². The molecule has 2 heterocycles. The highest BCUT2D eigenvalue weighted by Gasteiger charge is 2.39. The molecule has 1 aliphatic carbocycles. The second-order valence-electron chi connectivity index (χ2n) is 6.05. The van der Waals surface area contributed by atoms with Gasteiger partial charge in [-0.05, 0) is 12.8 Å². The molecular weight excluding hydrogens is 308 g/mol. The van der Waals surface area contributed by atoms with Gasteiger partial charge in [0.1, 0.15) is 0 Å². The zero-order chi connectivity index (χ0) is 14.9. The third-order valence-corrected chi connectivity index (χ3v) is 4.51. The number of nitrogens with two attached hydrogens (primary N) is 1. The van der Waals surface area contributed by atoms with Crippen LogP contribution in [0.2, 0.25) is 0 Å². The standard InChI is InChI=1S/C14H22N4O3.ClH/c1-20-7-6-18-9-10(8-11(18)19)12-16-13(17-21-12)14(15)4-2-3-5-14;/h10H,2-9,15H2,1H3;1H. The first-order valence-electron chi connectivity index (χ1n) is 7.52. The largest absolute Gasteiger partial charge is 0.383 e. The lowest BCUT2D eigenvalue weighted by Crippen LogP contribution is -2.34. The lowest BCUT2D eigenvalue weighted by Gasteiger charge is -2.17. The average molecular weight is 331 g/mol. The Labute approximate surface area is 136 Å². The quantitative estimate of drug-likeness (QED) is 0.871. The molecule has 0 bridgehead atoms. The summed E-state index contributed by atoms with van der Waals surface area (Å²) < 4.78 is 10.4. The van der Waals surface area contributed by atoms with Crippen molar-refractivity contribution in [1.29, 1.82) is 0 Å². The minimum Gasteiger partial charge on any atom is -0.383 e. The lowest BCUT2D eigenvalue weighted by molar-refractivity contribution is -0.128. The fraction of sp³-hybridized carbons (Fsp3) is 0.786. The van der Waals surface area contributed by atoms with E-state index in [2.05, 4.69) is 10.1 Å². The summed E-state index contributed by atoms with van der Waals surface area (Å²) in [5, 5.41) is 4.06. The normalized spacial score (nSPS) is 23.8. The number of amides is 1. The van der Waals surface area contributed by atoms with Gasteiger partial charge < -0.3 is 19.9 Å². The third-order valence-electron chi connectivity index (χ3n) is 4.51. The van der Waals surface area contributed by atoms with Gasteiger partial charge in [0.15, 0.2) is 5.82 Å². The van der Waals surface area contributed by atoms with Crippen molar-refractivity contribution >= 4 is 18.3 Å². The monoisotopic (exact) mass is 330 g/mol. The molecule has 1 saturated carbocycles.